The zero-order chi connectivity index (χ0) is 21.1. The highest BCUT2D eigenvalue weighted by Gasteiger charge is 2.51. The summed E-state index contributed by atoms with van der Waals surface area (Å²) in [5, 5.41) is 0. The summed E-state index contributed by atoms with van der Waals surface area (Å²) < 4.78 is 24.5. The summed E-state index contributed by atoms with van der Waals surface area (Å²) in [5.74, 6) is 0. The molecule has 2 fully saturated rings. The van der Waals surface area contributed by atoms with Crippen LogP contribution in [0.3, 0.4) is 0 Å². The van der Waals surface area contributed by atoms with Gasteiger partial charge in [-0.1, -0.05) is 0 Å². The standard InChI is InChI=1S/C20H41N2O4P/c1-17(2)13-11-15(19(5,6)21(17)9)25-27(23,24)26-16-12-14-18(3,4)22(10)20(16,7)8/h15-16H,11-14H2,1-10H3,(H,23,24). The molecule has 2 heterocycles. The molecule has 0 saturated carbocycles. The molecule has 0 aromatic heterocycles. The number of likely N-dealkylation sites (N-methyl/N-ethyl adjacent to an activating group) is 2. The van der Waals surface area contributed by atoms with Gasteiger partial charge in [0.15, 0.2) is 0 Å². The van der Waals surface area contributed by atoms with Crippen molar-refractivity contribution in [3.8, 4) is 0 Å². The summed E-state index contributed by atoms with van der Waals surface area (Å²) in [6, 6.07) is 0. The molecule has 2 aliphatic rings. The van der Waals surface area contributed by atoms with Crippen molar-refractivity contribution in [1.29, 1.82) is 0 Å². The van der Waals surface area contributed by atoms with Gasteiger partial charge in [0.05, 0.1) is 12.2 Å². The number of nitrogens with zero attached hydrogens (tertiary/aromatic N) is 2. The largest absolute Gasteiger partial charge is 0.472 e. The van der Waals surface area contributed by atoms with E-state index in [9.17, 15) is 9.46 Å². The number of rotatable bonds is 4. The Balaban J connectivity index is 2.13. The third kappa shape index (κ3) is 4.46. The second-order valence-corrected chi connectivity index (χ2v) is 12.1. The molecule has 7 heteroatoms. The van der Waals surface area contributed by atoms with Crippen LogP contribution in [0.15, 0.2) is 0 Å². The monoisotopic (exact) mass is 404 g/mol. The summed E-state index contributed by atoms with van der Waals surface area (Å²) in [5.41, 5.74) is -0.651. The van der Waals surface area contributed by atoms with Crippen LogP contribution in [-0.4, -0.2) is 63.2 Å². The molecule has 2 aliphatic heterocycles. The number of piperidine rings is 2. The Morgan fingerprint density at radius 1 is 0.778 bits per heavy atom. The average Bonchev–Trinajstić information content (AvgIpc) is 2.51. The molecule has 2 unspecified atom stereocenters. The normalized spacial score (nSPS) is 35.5. The van der Waals surface area contributed by atoms with E-state index in [1.807, 2.05) is 0 Å². The van der Waals surface area contributed by atoms with Gasteiger partial charge < -0.3 is 4.89 Å². The third-order valence-corrected chi connectivity index (χ3v) is 8.72. The number of hydrogen-bond donors (Lipinski definition) is 1. The Hall–Kier alpha value is 0.0300. The minimum Gasteiger partial charge on any atom is -0.302 e. The first kappa shape index (κ1) is 23.3. The Labute approximate surface area is 166 Å². The van der Waals surface area contributed by atoms with Gasteiger partial charge in [-0.2, -0.15) is 0 Å². The van der Waals surface area contributed by atoms with Crippen molar-refractivity contribution >= 4 is 7.82 Å². The number of likely N-dealkylation sites (tertiary alicyclic amines) is 2. The third-order valence-electron chi connectivity index (χ3n) is 7.68. The topological polar surface area (TPSA) is 62.2 Å². The Morgan fingerprint density at radius 2 is 1.07 bits per heavy atom. The number of phosphoric ester groups is 1. The van der Waals surface area contributed by atoms with Crippen LogP contribution in [0.2, 0.25) is 0 Å². The zero-order valence-corrected chi connectivity index (χ0v) is 19.9. The summed E-state index contributed by atoms with van der Waals surface area (Å²) >= 11 is 0. The molecule has 160 valence electrons. The van der Waals surface area contributed by atoms with Crippen molar-refractivity contribution in [2.24, 2.45) is 0 Å². The fourth-order valence-electron chi connectivity index (χ4n) is 4.71. The van der Waals surface area contributed by atoms with E-state index in [2.05, 4.69) is 79.3 Å². The van der Waals surface area contributed by atoms with Crippen LogP contribution in [0.4, 0.5) is 0 Å². The fourth-order valence-corrected chi connectivity index (χ4v) is 6.13. The first-order valence-corrected chi connectivity index (χ1v) is 11.6. The first-order valence-electron chi connectivity index (χ1n) is 10.1. The van der Waals surface area contributed by atoms with Crippen molar-refractivity contribution in [2.75, 3.05) is 14.1 Å². The van der Waals surface area contributed by atoms with Gasteiger partial charge in [-0.25, -0.2) is 4.57 Å². The maximum absolute atomic E-state index is 12.9. The highest BCUT2D eigenvalue weighted by atomic mass is 31.2. The average molecular weight is 405 g/mol. The maximum atomic E-state index is 12.9. The summed E-state index contributed by atoms with van der Waals surface area (Å²) in [4.78, 5) is 15.1. The molecular formula is C20H41N2O4P. The molecule has 0 radical (unpaired) electrons. The molecule has 0 spiro atoms. The van der Waals surface area contributed by atoms with Crippen LogP contribution in [-0.2, 0) is 13.6 Å². The first-order chi connectivity index (χ1) is 11.9. The minimum absolute atomic E-state index is 0.0311. The second-order valence-electron chi connectivity index (χ2n) is 10.8. The number of hydrogen-bond acceptors (Lipinski definition) is 5. The van der Waals surface area contributed by atoms with Crippen LogP contribution < -0.4 is 0 Å². The predicted octanol–water partition coefficient (Wildman–Crippen LogP) is 4.42. The highest BCUT2D eigenvalue weighted by molar-refractivity contribution is 7.47. The zero-order valence-electron chi connectivity index (χ0n) is 19.0. The predicted molar refractivity (Wildman–Crippen MR) is 110 cm³/mol. The second kappa shape index (κ2) is 7.07. The molecular weight excluding hydrogens is 363 g/mol. The highest BCUT2D eigenvalue weighted by Crippen LogP contribution is 2.54. The van der Waals surface area contributed by atoms with E-state index in [0.29, 0.717) is 0 Å². The van der Waals surface area contributed by atoms with Crippen LogP contribution in [0.25, 0.3) is 0 Å². The summed E-state index contributed by atoms with van der Waals surface area (Å²) in [6.45, 7) is 17.1. The molecule has 27 heavy (non-hydrogen) atoms. The van der Waals surface area contributed by atoms with Gasteiger partial charge in [0.25, 0.3) is 0 Å². The SMILES string of the molecule is CN1C(C)(C)CCC(OP(=O)(O)OC2CCC(C)(C)N(C)C2(C)C)C1(C)C. The van der Waals surface area contributed by atoms with Gasteiger partial charge in [0, 0.05) is 22.2 Å². The van der Waals surface area contributed by atoms with Gasteiger partial charge in [0.1, 0.15) is 0 Å². The van der Waals surface area contributed by atoms with E-state index in [0.717, 1.165) is 25.7 Å². The molecule has 2 saturated heterocycles. The molecule has 6 nitrogen and oxygen atoms in total. The molecule has 0 aromatic carbocycles. The Bertz CT molecular complexity index is 555. The van der Waals surface area contributed by atoms with Crippen molar-refractivity contribution in [2.45, 2.75) is 115 Å². The van der Waals surface area contributed by atoms with E-state index < -0.39 is 7.82 Å². The molecule has 0 aliphatic carbocycles. The summed E-state index contributed by atoms with van der Waals surface area (Å²) in [7, 11) is -0.0683. The van der Waals surface area contributed by atoms with Crippen molar-refractivity contribution in [3.05, 3.63) is 0 Å². The van der Waals surface area contributed by atoms with E-state index >= 15 is 0 Å². The van der Waals surface area contributed by atoms with E-state index in [4.69, 9.17) is 9.05 Å². The van der Waals surface area contributed by atoms with E-state index in [1.54, 1.807) is 0 Å². The van der Waals surface area contributed by atoms with Crippen LogP contribution in [0.1, 0.15) is 81.1 Å². The molecule has 2 atom stereocenters. The van der Waals surface area contributed by atoms with Crippen molar-refractivity contribution in [3.63, 3.8) is 0 Å². The molecule has 0 amide bonds. The van der Waals surface area contributed by atoms with Gasteiger partial charge in [-0.05, 0) is 95.2 Å². The minimum atomic E-state index is -4.18. The van der Waals surface area contributed by atoms with Gasteiger partial charge in [-0.3, -0.25) is 18.8 Å². The van der Waals surface area contributed by atoms with Gasteiger partial charge in [-0.15, -0.1) is 0 Å². The lowest BCUT2D eigenvalue weighted by atomic mass is 9.78. The molecule has 0 aromatic rings. The van der Waals surface area contributed by atoms with E-state index in [-0.39, 0.29) is 34.4 Å². The van der Waals surface area contributed by atoms with Crippen molar-refractivity contribution in [1.82, 2.24) is 9.80 Å². The lowest BCUT2D eigenvalue weighted by Crippen LogP contribution is -2.63. The maximum Gasteiger partial charge on any atom is 0.472 e. The van der Waals surface area contributed by atoms with Gasteiger partial charge >= 0.3 is 7.82 Å². The lowest BCUT2D eigenvalue weighted by molar-refractivity contribution is -0.110. The quantitative estimate of drug-likeness (QED) is 0.700. The Kier molecular flexibility index (Phi) is 6.10. The molecule has 1 N–H and O–H groups in total. The Morgan fingerprint density at radius 3 is 1.37 bits per heavy atom. The van der Waals surface area contributed by atoms with Crippen LogP contribution in [0, 0.1) is 0 Å². The van der Waals surface area contributed by atoms with Gasteiger partial charge in [0.2, 0.25) is 0 Å². The smallest absolute Gasteiger partial charge is 0.302 e. The van der Waals surface area contributed by atoms with Crippen LogP contribution in [0.5, 0.6) is 0 Å². The molecule has 2 rings (SSSR count). The summed E-state index contributed by atoms with van der Waals surface area (Å²) in [6.07, 6.45) is 2.57. The lowest BCUT2D eigenvalue weighted by Gasteiger charge is -2.55. The molecule has 0 bridgehead atoms. The van der Waals surface area contributed by atoms with E-state index in [1.165, 1.54) is 0 Å². The van der Waals surface area contributed by atoms with Crippen LogP contribution >= 0.6 is 7.82 Å². The number of phosphoric acid groups is 1. The fraction of sp³-hybridized carbons (Fsp3) is 1.00. The van der Waals surface area contributed by atoms with Crippen molar-refractivity contribution < 1.29 is 18.5 Å².